The molecule has 1 aliphatic carbocycles. The molecule has 2 fully saturated rings. The molecule has 1 aromatic heterocycles. The zero-order chi connectivity index (χ0) is 34.5. The van der Waals surface area contributed by atoms with Gasteiger partial charge in [-0.25, -0.2) is 13.4 Å². The number of halogens is 2. The molecule has 2 aromatic carbocycles. The average molecular weight is 719 g/mol. The van der Waals surface area contributed by atoms with E-state index in [9.17, 15) is 13.2 Å². The number of para-hydroxylation sites is 1. The normalized spacial score (nSPS) is 17.0. The molecule has 3 aromatic rings. The highest BCUT2D eigenvalue weighted by Gasteiger charge is 2.47. The van der Waals surface area contributed by atoms with Crippen molar-refractivity contribution in [1.82, 2.24) is 24.8 Å². The Hall–Kier alpha value is -2.47. The summed E-state index contributed by atoms with van der Waals surface area (Å²) in [6.45, 7) is 7.20. The second-order valence-corrected chi connectivity index (χ2v) is 15.9. The SMILES string of the molecule is CNCCCCCN(C)C1CCN(C(=O)C2(NS(=O)(=O)c3ccc(Cl)c(COc4cccc5c(C)cc(C)nc45)c3Cl)CCCC2)CC1. The van der Waals surface area contributed by atoms with Gasteiger partial charge < -0.3 is 19.9 Å². The minimum atomic E-state index is -4.19. The van der Waals surface area contributed by atoms with Crippen LogP contribution in [-0.2, 0) is 21.4 Å². The maximum Gasteiger partial charge on any atom is 0.243 e. The van der Waals surface area contributed by atoms with Crippen LogP contribution in [0.4, 0.5) is 0 Å². The van der Waals surface area contributed by atoms with Gasteiger partial charge in [0, 0.05) is 40.8 Å². The van der Waals surface area contributed by atoms with Gasteiger partial charge in [0.2, 0.25) is 15.9 Å². The topological polar surface area (TPSA) is 104 Å². The first-order chi connectivity index (χ1) is 23.0. The van der Waals surface area contributed by atoms with Crippen LogP contribution in [0.5, 0.6) is 5.75 Å². The van der Waals surface area contributed by atoms with Crippen molar-refractivity contribution in [2.75, 3.05) is 40.3 Å². The molecule has 0 radical (unpaired) electrons. The van der Waals surface area contributed by atoms with Gasteiger partial charge in [-0.15, -0.1) is 0 Å². The number of carbonyl (C=O) groups excluding carboxylic acids is 1. The molecule has 0 unspecified atom stereocenters. The monoisotopic (exact) mass is 717 g/mol. The number of amides is 1. The lowest BCUT2D eigenvalue weighted by Gasteiger charge is -2.41. The summed E-state index contributed by atoms with van der Waals surface area (Å²) < 4.78 is 37.1. The minimum Gasteiger partial charge on any atom is -0.487 e. The van der Waals surface area contributed by atoms with Crippen molar-refractivity contribution in [3.8, 4) is 5.75 Å². The molecule has 0 bridgehead atoms. The number of hydrogen-bond acceptors (Lipinski definition) is 7. The summed E-state index contributed by atoms with van der Waals surface area (Å²) in [6.07, 6.45) is 7.71. The Morgan fingerprint density at radius 2 is 1.81 bits per heavy atom. The van der Waals surface area contributed by atoms with E-state index in [2.05, 4.69) is 27.0 Å². The molecule has 2 N–H and O–H groups in total. The van der Waals surface area contributed by atoms with E-state index >= 15 is 0 Å². The van der Waals surface area contributed by atoms with Gasteiger partial charge in [0.15, 0.2) is 0 Å². The fraction of sp³-hybridized carbons (Fsp3) is 0.556. The predicted molar refractivity (Wildman–Crippen MR) is 194 cm³/mol. The Morgan fingerprint density at radius 3 is 2.52 bits per heavy atom. The number of nitrogens with one attached hydrogen (secondary N) is 2. The predicted octanol–water partition coefficient (Wildman–Crippen LogP) is 6.64. The van der Waals surface area contributed by atoms with Crippen molar-refractivity contribution >= 4 is 50.0 Å². The number of unbranched alkanes of at least 4 members (excludes halogenated alkanes) is 2. The Balaban J connectivity index is 1.28. The first kappa shape index (κ1) is 36.8. The highest BCUT2D eigenvalue weighted by molar-refractivity contribution is 7.89. The Morgan fingerprint density at radius 1 is 1.08 bits per heavy atom. The molecule has 0 atom stereocenters. The second kappa shape index (κ2) is 16.0. The largest absolute Gasteiger partial charge is 0.487 e. The fourth-order valence-electron chi connectivity index (χ4n) is 7.22. The summed E-state index contributed by atoms with van der Waals surface area (Å²) >= 11 is 13.4. The molecule has 12 heteroatoms. The van der Waals surface area contributed by atoms with Crippen molar-refractivity contribution in [2.24, 2.45) is 0 Å². The van der Waals surface area contributed by atoms with E-state index < -0.39 is 15.6 Å². The van der Waals surface area contributed by atoms with E-state index in [0.717, 1.165) is 61.8 Å². The third kappa shape index (κ3) is 8.28. The lowest BCUT2D eigenvalue weighted by atomic mass is 9.94. The number of nitrogens with zero attached hydrogens (tertiary/aromatic N) is 3. The van der Waals surface area contributed by atoms with Crippen LogP contribution in [-0.4, -0.2) is 81.0 Å². The Labute approximate surface area is 295 Å². The number of hydrogen-bond donors (Lipinski definition) is 2. The Kier molecular flexibility index (Phi) is 12.3. The molecule has 1 amide bonds. The Bertz CT molecular complexity index is 1710. The summed E-state index contributed by atoms with van der Waals surface area (Å²) in [4.78, 5) is 22.9. The standard InChI is InChI=1S/C36H49Cl2N5O4S/c1-25-23-26(2)40-34-28(25)11-10-12-31(34)47-24-29-30(37)13-14-32(33(29)38)48(45,46)41-36(17-6-7-18-36)35(44)43-21-15-27(16-22-43)42(4)20-9-5-8-19-39-3/h10-14,23,27,39,41H,5-9,15-22,24H2,1-4H3. The molecule has 2 heterocycles. The van der Waals surface area contributed by atoms with E-state index in [-0.39, 0.29) is 27.5 Å². The number of pyridine rings is 1. The summed E-state index contributed by atoms with van der Waals surface area (Å²) in [6, 6.07) is 11.0. The summed E-state index contributed by atoms with van der Waals surface area (Å²) in [5, 5.41) is 4.43. The van der Waals surface area contributed by atoms with Crippen LogP contribution in [0, 0.1) is 13.8 Å². The third-order valence-electron chi connectivity index (χ3n) is 9.96. The van der Waals surface area contributed by atoms with E-state index in [4.69, 9.17) is 27.9 Å². The number of ether oxygens (including phenoxy) is 1. The van der Waals surface area contributed by atoms with E-state index in [0.29, 0.717) is 48.8 Å². The van der Waals surface area contributed by atoms with Gasteiger partial charge >= 0.3 is 0 Å². The maximum atomic E-state index is 14.1. The number of aromatic nitrogens is 1. The lowest BCUT2D eigenvalue weighted by Crippen LogP contribution is -2.60. The van der Waals surface area contributed by atoms with Crippen LogP contribution in [0.2, 0.25) is 10.0 Å². The van der Waals surface area contributed by atoms with Crippen LogP contribution in [0.1, 0.15) is 74.6 Å². The van der Waals surface area contributed by atoms with Gasteiger partial charge in [-0.3, -0.25) is 4.79 Å². The van der Waals surface area contributed by atoms with Gasteiger partial charge in [0.05, 0.1) is 5.02 Å². The quantitative estimate of drug-likeness (QED) is 0.180. The van der Waals surface area contributed by atoms with E-state index in [1.807, 2.05) is 50.1 Å². The first-order valence-corrected chi connectivity index (χ1v) is 19.3. The number of piperidine rings is 1. The molecule has 0 spiro atoms. The van der Waals surface area contributed by atoms with Crippen molar-refractivity contribution in [2.45, 2.75) is 94.7 Å². The van der Waals surface area contributed by atoms with Crippen LogP contribution in [0.15, 0.2) is 41.3 Å². The van der Waals surface area contributed by atoms with Gasteiger partial charge in [-0.05, 0) is 109 Å². The van der Waals surface area contributed by atoms with Gasteiger partial charge in [-0.1, -0.05) is 54.6 Å². The van der Waals surface area contributed by atoms with Crippen LogP contribution in [0.25, 0.3) is 10.9 Å². The number of rotatable bonds is 14. The zero-order valence-electron chi connectivity index (χ0n) is 28.6. The molecule has 1 aliphatic heterocycles. The maximum absolute atomic E-state index is 14.1. The number of carbonyl (C=O) groups is 1. The van der Waals surface area contributed by atoms with Crippen molar-refractivity contribution in [3.05, 3.63) is 63.3 Å². The smallest absolute Gasteiger partial charge is 0.243 e. The number of aryl methyl sites for hydroxylation is 2. The molecule has 262 valence electrons. The summed E-state index contributed by atoms with van der Waals surface area (Å²) in [7, 11) is -0.0444. The van der Waals surface area contributed by atoms with E-state index in [1.165, 1.54) is 25.0 Å². The van der Waals surface area contributed by atoms with Crippen molar-refractivity contribution < 1.29 is 17.9 Å². The molecule has 2 aliphatic rings. The molecule has 1 saturated heterocycles. The van der Waals surface area contributed by atoms with E-state index in [1.54, 1.807) is 0 Å². The van der Waals surface area contributed by atoms with Crippen LogP contribution < -0.4 is 14.8 Å². The second-order valence-electron chi connectivity index (χ2n) is 13.4. The molecular formula is C36H49Cl2N5O4S. The highest BCUT2D eigenvalue weighted by Crippen LogP contribution is 2.38. The first-order valence-electron chi connectivity index (χ1n) is 17.1. The van der Waals surface area contributed by atoms with Crippen LogP contribution in [0.3, 0.4) is 0 Å². The zero-order valence-corrected chi connectivity index (χ0v) is 30.9. The minimum absolute atomic E-state index is 0.0223. The van der Waals surface area contributed by atoms with Gasteiger partial charge in [-0.2, -0.15) is 4.72 Å². The van der Waals surface area contributed by atoms with Crippen molar-refractivity contribution in [3.63, 3.8) is 0 Å². The fourth-order valence-corrected chi connectivity index (χ4v) is 9.53. The van der Waals surface area contributed by atoms with Gasteiger partial charge in [0.25, 0.3) is 0 Å². The number of sulfonamides is 1. The molecule has 48 heavy (non-hydrogen) atoms. The highest BCUT2D eigenvalue weighted by atomic mass is 35.5. The molecular weight excluding hydrogens is 669 g/mol. The van der Waals surface area contributed by atoms with Crippen molar-refractivity contribution in [1.29, 1.82) is 0 Å². The number of fused-ring (bicyclic) bond motifs is 1. The summed E-state index contributed by atoms with van der Waals surface area (Å²) in [5.41, 5.74) is 1.81. The lowest BCUT2D eigenvalue weighted by molar-refractivity contribution is -0.139. The molecule has 9 nitrogen and oxygen atoms in total. The molecule has 1 saturated carbocycles. The number of benzene rings is 2. The third-order valence-corrected chi connectivity index (χ3v) is 12.4. The number of likely N-dealkylation sites (tertiary alicyclic amines) is 1. The average Bonchev–Trinajstić information content (AvgIpc) is 3.53. The van der Waals surface area contributed by atoms with Gasteiger partial charge in [0.1, 0.15) is 28.3 Å². The molecule has 5 rings (SSSR count). The van der Waals surface area contributed by atoms with Crippen LogP contribution >= 0.6 is 23.2 Å². The summed E-state index contributed by atoms with van der Waals surface area (Å²) in [5.74, 6) is 0.409.